The van der Waals surface area contributed by atoms with Gasteiger partial charge in [0.2, 0.25) is 0 Å². The lowest BCUT2D eigenvalue weighted by Gasteiger charge is -2.41. The van der Waals surface area contributed by atoms with Crippen molar-refractivity contribution in [3.05, 3.63) is 77.1 Å². The molecule has 0 N–H and O–H groups in total. The van der Waals surface area contributed by atoms with Crippen molar-refractivity contribution >= 4 is 18.2 Å². The van der Waals surface area contributed by atoms with Crippen LogP contribution in [0.3, 0.4) is 0 Å². The van der Waals surface area contributed by atoms with Crippen LogP contribution in [0.15, 0.2) is 59.5 Å². The van der Waals surface area contributed by atoms with Gasteiger partial charge >= 0.3 is 5.37 Å². The molecule has 0 heterocycles. The van der Waals surface area contributed by atoms with Crippen LogP contribution in [0.2, 0.25) is 18.1 Å². The van der Waals surface area contributed by atoms with E-state index in [1.54, 1.807) is 24.3 Å². The van der Waals surface area contributed by atoms with Gasteiger partial charge in [0.1, 0.15) is 0 Å². The maximum Gasteiger partial charge on any atom is 0.325 e. The lowest BCUT2D eigenvalue weighted by atomic mass is 9.95. The van der Waals surface area contributed by atoms with Crippen molar-refractivity contribution in [1.82, 2.24) is 0 Å². The smallest absolute Gasteiger partial charge is 0.325 e. The molecule has 0 spiro atoms. The van der Waals surface area contributed by atoms with Crippen LogP contribution < -0.4 is 0 Å². The summed E-state index contributed by atoms with van der Waals surface area (Å²) in [6, 6.07) is 16.9. The van der Waals surface area contributed by atoms with E-state index in [2.05, 4.69) is 57.8 Å². The van der Waals surface area contributed by atoms with E-state index in [9.17, 15) is 8.42 Å². The highest BCUT2D eigenvalue weighted by Crippen LogP contribution is 2.39. The first kappa shape index (κ1) is 31.2. The Hall–Kier alpha value is -1.98. The molecule has 0 radical (unpaired) electrons. The van der Waals surface area contributed by atoms with Gasteiger partial charge in [-0.3, -0.25) is 4.85 Å². The molecule has 0 aliphatic rings. The molecule has 0 fully saturated rings. The average Bonchev–Trinajstić information content (AvgIpc) is 2.83. The first-order chi connectivity index (χ1) is 17.3. The van der Waals surface area contributed by atoms with Crippen LogP contribution in [0.5, 0.6) is 0 Å². The van der Waals surface area contributed by atoms with Gasteiger partial charge in [0.05, 0.1) is 11.5 Å². The van der Waals surface area contributed by atoms with Crippen LogP contribution in [-0.4, -0.2) is 34.8 Å². The highest BCUT2D eigenvalue weighted by Gasteiger charge is 2.40. The summed E-state index contributed by atoms with van der Waals surface area (Å²) in [4.78, 5) is 3.75. The van der Waals surface area contributed by atoms with Gasteiger partial charge in [-0.2, -0.15) is 0 Å². The highest BCUT2D eigenvalue weighted by molar-refractivity contribution is 7.92. The number of aryl methyl sites for hydroxylation is 1. The summed E-state index contributed by atoms with van der Waals surface area (Å²) in [6.07, 6.45) is 2.61. The maximum atomic E-state index is 13.1. The van der Waals surface area contributed by atoms with E-state index < -0.39 is 23.5 Å². The number of nitrogens with zero attached hydrogens (tertiary/aromatic N) is 1. The lowest BCUT2D eigenvalue weighted by molar-refractivity contribution is 0.0784. The summed E-state index contributed by atoms with van der Waals surface area (Å²) in [5.41, 5.74) is 2.15. The minimum Gasteiger partial charge on any atom is -0.414 e. The Bertz CT molecular complexity index is 1100. The minimum atomic E-state index is -3.70. The molecular weight excluding hydrogens is 498 g/mol. The standard InChI is InChI=1S/C30H45NO4SSi/c1-24-16-19-27(20-17-24)36(32,33)29(31-6)21-18-25(2)28(35-37(7,8)30(3,4)5)15-12-22-34-23-26-13-10-9-11-14-26/h9-11,13-14,16-17,19-20,25,28-29H,12,15,18,21-23H2,1-5,7-8H3/t25-,28+,29?/m0/s1. The van der Waals surface area contributed by atoms with E-state index in [-0.39, 0.29) is 22.0 Å². The fraction of sp³-hybridized carbons (Fsp3) is 0.567. The summed E-state index contributed by atoms with van der Waals surface area (Å²) in [6.45, 7) is 24.1. The topological polar surface area (TPSA) is 57.0 Å². The van der Waals surface area contributed by atoms with Crippen molar-refractivity contribution in [2.45, 2.75) is 101 Å². The van der Waals surface area contributed by atoms with Gasteiger partial charge in [-0.1, -0.05) is 75.7 Å². The summed E-state index contributed by atoms with van der Waals surface area (Å²) in [5.74, 6) is 0.126. The predicted octanol–water partition coefficient (Wildman–Crippen LogP) is 7.82. The van der Waals surface area contributed by atoms with Crippen LogP contribution in [-0.2, 0) is 25.6 Å². The van der Waals surface area contributed by atoms with E-state index >= 15 is 0 Å². The maximum absolute atomic E-state index is 13.1. The first-order valence-electron chi connectivity index (χ1n) is 13.2. The monoisotopic (exact) mass is 543 g/mol. The SMILES string of the molecule is [C-]#[N+]C(CC[C@H](C)[C@@H](CCCOCc1ccccc1)O[Si](C)(C)C(C)(C)C)S(=O)(=O)c1ccc(C)cc1. The third-order valence-electron chi connectivity index (χ3n) is 7.50. The molecule has 2 aromatic rings. The van der Waals surface area contributed by atoms with Crippen molar-refractivity contribution in [2.75, 3.05) is 6.61 Å². The van der Waals surface area contributed by atoms with Crippen LogP contribution in [0.25, 0.3) is 4.85 Å². The van der Waals surface area contributed by atoms with Gasteiger partial charge < -0.3 is 9.16 Å². The van der Waals surface area contributed by atoms with Gasteiger partial charge in [-0.05, 0) is 67.9 Å². The molecule has 204 valence electrons. The van der Waals surface area contributed by atoms with Gasteiger partial charge in [-0.25, -0.2) is 15.0 Å². The second-order valence-electron chi connectivity index (χ2n) is 11.6. The second kappa shape index (κ2) is 13.7. The minimum absolute atomic E-state index is 0.00493. The summed E-state index contributed by atoms with van der Waals surface area (Å²) in [7, 11) is -5.74. The average molecular weight is 544 g/mol. The molecule has 1 unspecified atom stereocenters. The fourth-order valence-corrected chi connectivity index (χ4v) is 6.81. The number of hydrogen-bond donors (Lipinski definition) is 0. The number of hydrogen-bond acceptors (Lipinski definition) is 4. The van der Waals surface area contributed by atoms with Crippen molar-refractivity contribution < 1.29 is 17.6 Å². The van der Waals surface area contributed by atoms with Crippen LogP contribution in [0.1, 0.15) is 64.5 Å². The van der Waals surface area contributed by atoms with Crippen molar-refractivity contribution in [3.63, 3.8) is 0 Å². The molecule has 0 amide bonds. The molecule has 2 aromatic carbocycles. The van der Waals surface area contributed by atoms with E-state index in [0.29, 0.717) is 26.1 Å². The Morgan fingerprint density at radius 3 is 2.16 bits per heavy atom. The molecule has 2 rings (SSSR count). The predicted molar refractivity (Wildman–Crippen MR) is 155 cm³/mol. The molecule has 0 aromatic heterocycles. The van der Waals surface area contributed by atoms with Gasteiger partial charge in [0.25, 0.3) is 9.84 Å². The lowest BCUT2D eigenvalue weighted by Crippen LogP contribution is -2.45. The number of ether oxygens (including phenoxy) is 1. The zero-order chi connectivity index (χ0) is 27.7. The Labute approximate surface area is 226 Å². The zero-order valence-electron chi connectivity index (χ0n) is 23.7. The van der Waals surface area contributed by atoms with E-state index in [1.165, 1.54) is 0 Å². The molecule has 0 aliphatic carbocycles. The molecule has 37 heavy (non-hydrogen) atoms. The summed E-state index contributed by atoms with van der Waals surface area (Å²) >= 11 is 0. The largest absolute Gasteiger partial charge is 0.414 e. The second-order valence-corrected chi connectivity index (χ2v) is 18.5. The Morgan fingerprint density at radius 1 is 0.973 bits per heavy atom. The third kappa shape index (κ3) is 9.37. The number of benzene rings is 2. The van der Waals surface area contributed by atoms with E-state index in [0.717, 1.165) is 24.0 Å². The van der Waals surface area contributed by atoms with Crippen molar-refractivity contribution in [3.8, 4) is 0 Å². The normalized spacial score (nSPS) is 15.1. The molecular formula is C30H45NO4SSi. The van der Waals surface area contributed by atoms with Crippen LogP contribution >= 0.6 is 0 Å². The molecule has 0 saturated carbocycles. The third-order valence-corrected chi connectivity index (χ3v) is 14.0. The Kier molecular flexibility index (Phi) is 11.6. The summed E-state index contributed by atoms with van der Waals surface area (Å²) in [5, 5.41) is -1.01. The van der Waals surface area contributed by atoms with Gasteiger partial charge in [0, 0.05) is 19.1 Å². The molecule has 0 bridgehead atoms. The fourth-order valence-electron chi connectivity index (χ4n) is 3.93. The quantitative estimate of drug-likeness (QED) is 0.138. The Morgan fingerprint density at radius 2 is 1.59 bits per heavy atom. The van der Waals surface area contributed by atoms with E-state index in [4.69, 9.17) is 15.7 Å². The molecule has 5 nitrogen and oxygen atoms in total. The van der Waals surface area contributed by atoms with Crippen molar-refractivity contribution in [1.29, 1.82) is 0 Å². The van der Waals surface area contributed by atoms with Crippen molar-refractivity contribution in [2.24, 2.45) is 5.92 Å². The highest BCUT2D eigenvalue weighted by atomic mass is 32.2. The number of sulfone groups is 1. The van der Waals surface area contributed by atoms with Gasteiger partial charge in [0.15, 0.2) is 8.32 Å². The van der Waals surface area contributed by atoms with Gasteiger partial charge in [-0.15, -0.1) is 0 Å². The number of rotatable bonds is 14. The molecule has 7 heteroatoms. The Balaban J connectivity index is 2.04. The van der Waals surface area contributed by atoms with E-state index in [1.807, 2.05) is 25.1 Å². The molecule has 0 saturated heterocycles. The summed E-state index contributed by atoms with van der Waals surface area (Å²) < 4.78 is 39.0. The molecule has 0 aliphatic heterocycles. The first-order valence-corrected chi connectivity index (χ1v) is 17.7. The zero-order valence-corrected chi connectivity index (χ0v) is 25.5. The van der Waals surface area contributed by atoms with Crippen LogP contribution in [0.4, 0.5) is 0 Å². The molecule has 3 atom stereocenters. The van der Waals surface area contributed by atoms with Crippen LogP contribution in [0, 0.1) is 19.4 Å².